The maximum absolute atomic E-state index is 6.50. The van der Waals surface area contributed by atoms with Crippen LogP contribution in [0.2, 0.25) is 5.02 Å². The number of halogens is 3. The van der Waals surface area contributed by atoms with Crippen molar-refractivity contribution in [2.45, 2.75) is 6.54 Å². The van der Waals surface area contributed by atoms with Gasteiger partial charge in [0.05, 0.1) is 30.5 Å². The van der Waals surface area contributed by atoms with Crippen molar-refractivity contribution in [1.29, 1.82) is 0 Å². The second kappa shape index (κ2) is 8.91. The van der Waals surface area contributed by atoms with Gasteiger partial charge in [-0.3, -0.25) is 0 Å². The first-order chi connectivity index (χ1) is 13.6. The van der Waals surface area contributed by atoms with Crippen LogP contribution in [0.4, 0.5) is 11.4 Å². The molecule has 0 aliphatic carbocycles. The molecule has 3 aromatic rings. The topological polar surface area (TPSA) is 37.6 Å². The smallest absolute Gasteiger partial charge is 0.135 e. The fourth-order valence-electron chi connectivity index (χ4n) is 3.17. The van der Waals surface area contributed by atoms with Gasteiger partial charge in [-0.2, -0.15) is 0 Å². The van der Waals surface area contributed by atoms with E-state index in [2.05, 4.69) is 48.1 Å². The zero-order valence-electron chi connectivity index (χ0n) is 15.1. The van der Waals surface area contributed by atoms with Gasteiger partial charge < -0.3 is 19.4 Å². The minimum atomic E-state index is 0.585. The van der Waals surface area contributed by atoms with Gasteiger partial charge in [0.25, 0.3) is 0 Å². The van der Waals surface area contributed by atoms with Crippen molar-refractivity contribution in [1.82, 2.24) is 0 Å². The third kappa shape index (κ3) is 4.57. The van der Waals surface area contributed by atoms with Crippen molar-refractivity contribution in [3.05, 3.63) is 68.3 Å². The first-order valence-electron chi connectivity index (χ1n) is 9.00. The molecule has 1 aliphatic heterocycles. The average Bonchev–Trinajstić information content (AvgIpc) is 3.16. The summed E-state index contributed by atoms with van der Waals surface area (Å²) in [7, 11) is 0. The van der Waals surface area contributed by atoms with Gasteiger partial charge in [0.2, 0.25) is 0 Å². The van der Waals surface area contributed by atoms with E-state index < -0.39 is 0 Å². The average molecular weight is 527 g/mol. The predicted octanol–water partition coefficient (Wildman–Crippen LogP) is 6.57. The Labute approximate surface area is 186 Å². The summed E-state index contributed by atoms with van der Waals surface area (Å²) in [4.78, 5) is 2.25. The van der Waals surface area contributed by atoms with Gasteiger partial charge in [-0.05, 0) is 64.5 Å². The third-order valence-corrected chi connectivity index (χ3v) is 6.08. The molecule has 146 valence electrons. The molecule has 4 nitrogen and oxygen atoms in total. The summed E-state index contributed by atoms with van der Waals surface area (Å²) in [5, 5.41) is 4.12. The molecule has 1 saturated heterocycles. The molecular formula is C21H19Br2ClN2O2. The van der Waals surface area contributed by atoms with Gasteiger partial charge in [-0.15, -0.1) is 0 Å². The molecule has 7 heteroatoms. The van der Waals surface area contributed by atoms with Crippen LogP contribution < -0.4 is 10.2 Å². The summed E-state index contributed by atoms with van der Waals surface area (Å²) in [5.41, 5.74) is 3.04. The summed E-state index contributed by atoms with van der Waals surface area (Å²) < 4.78 is 13.4. The second-order valence-corrected chi connectivity index (χ2v) is 8.69. The van der Waals surface area contributed by atoms with Crippen LogP contribution in [0.25, 0.3) is 11.3 Å². The molecule has 1 fully saturated rings. The maximum atomic E-state index is 6.50. The first kappa shape index (κ1) is 19.8. The first-order valence-corrected chi connectivity index (χ1v) is 11.0. The van der Waals surface area contributed by atoms with Crippen LogP contribution in [0.1, 0.15) is 5.76 Å². The number of rotatable bonds is 5. The highest BCUT2D eigenvalue weighted by atomic mass is 79.9. The molecule has 0 amide bonds. The number of nitrogens with zero attached hydrogens (tertiary/aromatic N) is 1. The van der Waals surface area contributed by atoms with Gasteiger partial charge in [0.1, 0.15) is 11.5 Å². The van der Waals surface area contributed by atoms with Gasteiger partial charge in [0, 0.05) is 33.3 Å². The fraction of sp³-hybridized carbons (Fsp3) is 0.238. The zero-order chi connectivity index (χ0) is 19.5. The van der Waals surface area contributed by atoms with Crippen LogP contribution in [0.3, 0.4) is 0 Å². The molecule has 0 bridgehead atoms. The van der Waals surface area contributed by atoms with Crippen LogP contribution in [-0.2, 0) is 11.3 Å². The Bertz CT molecular complexity index is 971. The van der Waals surface area contributed by atoms with E-state index in [0.29, 0.717) is 6.54 Å². The fourth-order valence-corrected chi connectivity index (χ4v) is 4.72. The second-order valence-electron chi connectivity index (χ2n) is 6.51. The van der Waals surface area contributed by atoms with Crippen LogP contribution in [0.5, 0.6) is 0 Å². The van der Waals surface area contributed by atoms with E-state index in [-0.39, 0.29) is 0 Å². The van der Waals surface area contributed by atoms with E-state index in [0.717, 1.165) is 68.7 Å². The highest BCUT2D eigenvalue weighted by Crippen LogP contribution is 2.33. The quantitative estimate of drug-likeness (QED) is 0.408. The van der Waals surface area contributed by atoms with Crippen molar-refractivity contribution in [2.75, 3.05) is 36.5 Å². The minimum absolute atomic E-state index is 0.585. The lowest BCUT2D eigenvalue weighted by atomic mass is 10.2. The van der Waals surface area contributed by atoms with E-state index in [9.17, 15) is 0 Å². The Balaban J connectivity index is 1.42. The van der Waals surface area contributed by atoms with E-state index in [4.69, 9.17) is 20.8 Å². The number of furan rings is 1. The van der Waals surface area contributed by atoms with Crippen molar-refractivity contribution in [3.63, 3.8) is 0 Å². The lowest BCUT2D eigenvalue weighted by Gasteiger charge is -2.29. The van der Waals surface area contributed by atoms with Gasteiger partial charge in [-0.1, -0.05) is 27.5 Å². The van der Waals surface area contributed by atoms with Crippen molar-refractivity contribution in [2.24, 2.45) is 0 Å². The summed E-state index contributed by atoms with van der Waals surface area (Å²) in [6.07, 6.45) is 0. The Kier molecular flexibility index (Phi) is 6.31. The highest BCUT2D eigenvalue weighted by Gasteiger charge is 2.14. The molecule has 28 heavy (non-hydrogen) atoms. The van der Waals surface area contributed by atoms with Gasteiger partial charge >= 0.3 is 0 Å². The lowest BCUT2D eigenvalue weighted by molar-refractivity contribution is 0.122. The molecule has 1 aliphatic rings. The predicted molar refractivity (Wildman–Crippen MR) is 121 cm³/mol. The minimum Gasteiger partial charge on any atom is -0.459 e. The number of nitrogens with one attached hydrogen (secondary N) is 1. The number of ether oxygens (including phenoxy) is 1. The number of hydrogen-bond donors (Lipinski definition) is 1. The third-order valence-electron chi connectivity index (χ3n) is 4.62. The molecule has 2 aromatic carbocycles. The summed E-state index contributed by atoms with van der Waals surface area (Å²) in [6.45, 7) is 3.80. The number of hydrogen-bond acceptors (Lipinski definition) is 4. The van der Waals surface area contributed by atoms with E-state index >= 15 is 0 Å². The number of benzene rings is 2. The van der Waals surface area contributed by atoms with Crippen LogP contribution >= 0.6 is 43.5 Å². The van der Waals surface area contributed by atoms with E-state index in [1.165, 1.54) is 0 Å². The Hall–Kier alpha value is -1.47. The van der Waals surface area contributed by atoms with E-state index in [1.807, 2.05) is 42.5 Å². The Morgan fingerprint density at radius 2 is 1.82 bits per heavy atom. The molecular weight excluding hydrogens is 508 g/mol. The SMILES string of the molecule is Clc1cc(NCc2ccc(-c3ccc(Br)cc3Br)o2)ccc1N1CCOCC1. The van der Waals surface area contributed by atoms with Crippen molar-refractivity contribution in [3.8, 4) is 11.3 Å². The number of morpholine rings is 1. The summed E-state index contributed by atoms with van der Waals surface area (Å²) in [5.74, 6) is 1.69. The van der Waals surface area contributed by atoms with Gasteiger partial charge in [0.15, 0.2) is 0 Å². The van der Waals surface area contributed by atoms with Crippen LogP contribution in [0.15, 0.2) is 61.9 Å². The molecule has 2 heterocycles. The van der Waals surface area contributed by atoms with Crippen LogP contribution in [0, 0.1) is 0 Å². The van der Waals surface area contributed by atoms with Crippen LogP contribution in [-0.4, -0.2) is 26.3 Å². The maximum Gasteiger partial charge on any atom is 0.135 e. The molecule has 4 rings (SSSR count). The molecule has 0 saturated carbocycles. The lowest BCUT2D eigenvalue weighted by Crippen LogP contribution is -2.36. The Morgan fingerprint density at radius 3 is 2.57 bits per heavy atom. The normalized spacial score (nSPS) is 14.3. The number of anilines is 2. The zero-order valence-corrected chi connectivity index (χ0v) is 19.0. The standard InChI is InChI=1S/C21H19Br2ClN2O2/c22-14-1-4-17(18(23)11-14)21-6-3-16(28-21)13-25-15-2-5-20(19(24)12-15)26-7-9-27-10-8-26/h1-6,11-12,25H,7-10,13H2. The molecule has 0 spiro atoms. The molecule has 0 atom stereocenters. The Morgan fingerprint density at radius 1 is 1.00 bits per heavy atom. The van der Waals surface area contributed by atoms with Gasteiger partial charge in [-0.25, -0.2) is 0 Å². The van der Waals surface area contributed by atoms with Crippen molar-refractivity contribution >= 4 is 54.8 Å². The molecule has 1 aromatic heterocycles. The summed E-state index contributed by atoms with van der Waals surface area (Å²) in [6, 6.07) is 16.1. The van der Waals surface area contributed by atoms with E-state index in [1.54, 1.807) is 0 Å². The highest BCUT2D eigenvalue weighted by molar-refractivity contribution is 9.11. The van der Waals surface area contributed by atoms with Crippen molar-refractivity contribution < 1.29 is 9.15 Å². The summed E-state index contributed by atoms with van der Waals surface area (Å²) >= 11 is 13.6. The molecule has 1 N–H and O–H groups in total. The monoisotopic (exact) mass is 524 g/mol. The molecule has 0 radical (unpaired) electrons. The molecule has 0 unspecified atom stereocenters. The largest absolute Gasteiger partial charge is 0.459 e.